The Hall–Kier alpha value is -3.01. The Labute approximate surface area is 201 Å². The predicted octanol–water partition coefficient (Wildman–Crippen LogP) is 5.86. The second kappa shape index (κ2) is 9.56. The lowest BCUT2D eigenvalue weighted by Crippen LogP contribution is -2.29. The van der Waals surface area contributed by atoms with Gasteiger partial charge in [-0.25, -0.2) is 14.4 Å². The van der Waals surface area contributed by atoms with E-state index in [1.54, 1.807) is 12.3 Å². The molecule has 0 radical (unpaired) electrons. The summed E-state index contributed by atoms with van der Waals surface area (Å²) in [4.78, 5) is 11.3. The van der Waals surface area contributed by atoms with Crippen molar-refractivity contribution >= 4 is 5.95 Å². The van der Waals surface area contributed by atoms with Crippen LogP contribution < -0.4 is 5.32 Å². The Morgan fingerprint density at radius 3 is 2.51 bits per heavy atom. The van der Waals surface area contributed by atoms with Crippen molar-refractivity contribution < 1.29 is 17.6 Å². The average Bonchev–Trinajstić information content (AvgIpc) is 3.50. The number of hydrogen-bond donors (Lipinski definition) is 2. The lowest BCUT2D eigenvalue weighted by Gasteiger charge is -2.28. The van der Waals surface area contributed by atoms with E-state index in [1.165, 1.54) is 6.07 Å². The fourth-order valence-electron chi connectivity index (χ4n) is 5.13. The van der Waals surface area contributed by atoms with Gasteiger partial charge in [-0.1, -0.05) is 12.8 Å². The van der Waals surface area contributed by atoms with E-state index in [9.17, 15) is 17.6 Å². The third kappa shape index (κ3) is 5.03. The monoisotopic (exact) mass is 488 g/mol. The second-order valence-electron chi connectivity index (χ2n) is 9.52. The Bertz CT molecular complexity index is 1180. The molecule has 10 heteroatoms. The molecule has 1 aliphatic heterocycles. The van der Waals surface area contributed by atoms with Crippen molar-refractivity contribution in [2.24, 2.45) is 0 Å². The molecule has 3 aromatic rings. The number of aromatic amines is 1. The van der Waals surface area contributed by atoms with Crippen molar-refractivity contribution in [3.63, 3.8) is 0 Å². The fraction of sp³-hybridized carbons (Fsp3) is 0.480. The van der Waals surface area contributed by atoms with E-state index in [1.807, 2.05) is 0 Å². The standard InChI is InChI=1S/C25H28F4N6/c1-35-12-9-15(10-13-35)22-21(20-8-11-30-24(32-20)31-17-4-2-3-5-17)23(34-33-22)16-6-7-19(26)18(14-16)25(27,28)29/h6-8,11,14-15,17H,2-5,9-10,12-13H2,1H3,(H,33,34)(H,30,31,32). The molecular formula is C25H28F4N6. The first-order chi connectivity index (χ1) is 16.8. The maximum absolute atomic E-state index is 14.0. The smallest absolute Gasteiger partial charge is 0.351 e. The first-order valence-corrected chi connectivity index (χ1v) is 12.0. The van der Waals surface area contributed by atoms with Crippen LogP contribution in [0.4, 0.5) is 23.5 Å². The van der Waals surface area contributed by atoms with Gasteiger partial charge in [-0.05, 0) is 70.1 Å². The molecule has 2 aliphatic rings. The largest absolute Gasteiger partial charge is 0.419 e. The van der Waals surface area contributed by atoms with Gasteiger partial charge in [-0.3, -0.25) is 5.10 Å². The second-order valence-corrected chi connectivity index (χ2v) is 9.52. The van der Waals surface area contributed by atoms with E-state index in [0.29, 0.717) is 28.9 Å². The molecule has 0 bridgehead atoms. The summed E-state index contributed by atoms with van der Waals surface area (Å²) in [5, 5.41) is 10.9. The summed E-state index contributed by atoms with van der Waals surface area (Å²) in [6.45, 7) is 1.82. The number of anilines is 1. The van der Waals surface area contributed by atoms with Gasteiger partial charge in [0.25, 0.3) is 0 Å². The lowest BCUT2D eigenvalue weighted by molar-refractivity contribution is -0.139. The van der Waals surface area contributed by atoms with Gasteiger partial charge in [0, 0.05) is 35.0 Å². The van der Waals surface area contributed by atoms with Crippen LogP contribution in [0.25, 0.3) is 22.5 Å². The summed E-state index contributed by atoms with van der Waals surface area (Å²) in [5.74, 6) is -0.656. The number of aromatic nitrogens is 4. The summed E-state index contributed by atoms with van der Waals surface area (Å²) in [6.07, 6.45) is 3.07. The molecule has 1 saturated carbocycles. The molecule has 0 atom stereocenters. The van der Waals surface area contributed by atoms with Gasteiger partial charge in [0.15, 0.2) is 0 Å². The zero-order valence-corrected chi connectivity index (χ0v) is 19.5. The molecule has 1 aromatic carbocycles. The van der Waals surface area contributed by atoms with Crippen molar-refractivity contribution in [1.29, 1.82) is 0 Å². The van der Waals surface area contributed by atoms with Crippen LogP contribution in [0.15, 0.2) is 30.5 Å². The zero-order chi connectivity index (χ0) is 24.6. The number of benzene rings is 1. The fourth-order valence-corrected chi connectivity index (χ4v) is 5.13. The number of nitrogens with one attached hydrogen (secondary N) is 2. The van der Waals surface area contributed by atoms with Crippen molar-refractivity contribution in [3.8, 4) is 22.5 Å². The molecule has 35 heavy (non-hydrogen) atoms. The van der Waals surface area contributed by atoms with Crippen molar-refractivity contribution in [3.05, 3.63) is 47.5 Å². The van der Waals surface area contributed by atoms with Crippen LogP contribution in [0, 0.1) is 5.82 Å². The normalized spacial score (nSPS) is 18.3. The highest BCUT2D eigenvalue weighted by atomic mass is 19.4. The van der Waals surface area contributed by atoms with E-state index >= 15 is 0 Å². The number of H-pyrrole nitrogens is 1. The number of nitrogens with zero attached hydrogens (tertiary/aromatic N) is 4. The average molecular weight is 489 g/mol. The quantitative estimate of drug-likeness (QED) is 0.441. The third-order valence-electron chi connectivity index (χ3n) is 7.07. The van der Waals surface area contributed by atoms with Gasteiger partial charge >= 0.3 is 6.18 Å². The van der Waals surface area contributed by atoms with E-state index < -0.39 is 17.6 Å². The summed E-state index contributed by atoms with van der Waals surface area (Å²) >= 11 is 0. The minimum Gasteiger partial charge on any atom is -0.351 e. The first kappa shape index (κ1) is 23.7. The topological polar surface area (TPSA) is 69.7 Å². The molecule has 1 saturated heterocycles. The molecule has 2 aromatic heterocycles. The molecule has 6 nitrogen and oxygen atoms in total. The van der Waals surface area contributed by atoms with E-state index in [0.717, 1.165) is 69.4 Å². The van der Waals surface area contributed by atoms with Crippen LogP contribution >= 0.6 is 0 Å². The number of alkyl halides is 3. The highest BCUT2D eigenvalue weighted by Crippen LogP contribution is 2.41. The number of piperidine rings is 1. The molecule has 0 amide bonds. The number of likely N-dealkylation sites (tertiary alicyclic amines) is 1. The first-order valence-electron chi connectivity index (χ1n) is 12.0. The van der Waals surface area contributed by atoms with Gasteiger partial charge < -0.3 is 10.2 Å². The van der Waals surface area contributed by atoms with Gasteiger partial charge in [0.05, 0.1) is 11.3 Å². The van der Waals surface area contributed by atoms with Crippen LogP contribution in [0.1, 0.15) is 55.7 Å². The van der Waals surface area contributed by atoms with E-state index in [-0.39, 0.29) is 11.5 Å². The molecular weight excluding hydrogens is 460 g/mol. The lowest BCUT2D eigenvalue weighted by atomic mass is 9.89. The summed E-state index contributed by atoms with van der Waals surface area (Å²) in [6, 6.07) is 5.07. The molecule has 0 unspecified atom stereocenters. The van der Waals surface area contributed by atoms with Crippen LogP contribution in [0.2, 0.25) is 0 Å². The SMILES string of the molecule is CN1CCC(c2[nH]nc(-c3ccc(F)c(C(F)(F)F)c3)c2-c2ccnc(NC3CCCC3)n2)CC1. The number of rotatable bonds is 5. The zero-order valence-electron chi connectivity index (χ0n) is 19.5. The highest BCUT2D eigenvalue weighted by molar-refractivity contribution is 5.82. The van der Waals surface area contributed by atoms with Gasteiger partial charge in [0.2, 0.25) is 5.95 Å². The number of hydrogen-bond acceptors (Lipinski definition) is 5. The third-order valence-corrected chi connectivity index (χ3v) is 7.07. The molecule has 1 aliphatic carbocycles. The summed E-state index contributed by atoms with van der Waals surface area (Å²) in [5.41, 5.74) is 1.28. The van der Waals surface area contributed by atoms with Crippen molar-refractivity contribution in [1.82, 2.24) is 25.1 Å². The van der Waals surface area contributed by atoms with E-state index in [2.05, 4.69) is 32.4 Å². The van der Waals surface area contributed by atoms with Crippen LogP contribution in [-0.2, 0) is 6.18 Å². The highest BCUT2D eigenvalue weighted by Gasteiger charge is 2.35. The minimum atomic E-state index is -4.80. The molecule has 186 valence electrons. The Morgan fingerprint density at radius 1 is 1.06 bits per heavy atom. The van der Waals surface area contributed by atoms with Crippen molar-refractivity contribution in [2.45, 2.75) is 56.7 Å². The number of halogens is 4. The molecule has 5 rings (SSSR count). The van der Waals surface area contributed by atoms with Crippen LogP contribution in [0.5, 0.6) is 0 Å². The molecule has 3 heterocycles. The summed E-state index contributed by atoms with van der Waals surface area (Å²) < 4.78 is 54.3. The molecule has 2 fully saturated rings. The Morgan fingerprint density at radius 2 is 1.80 bits per heavy atom. The van der Waals surface area contributed by atoms with E-state index in [4.69, 9.17) is 4.98 Å². The molecule has 2 N–H and O–H groups in total. The van der Waals surface area contributed by atoms with Gasteiger partial charge in [0.1, 0.15) is 11.5 Å². The van der Waals surface area contributed by atoms with Crippen LogP contribution in [0.3, 0.4) is 0 Å². The van der Waals surface area contributed by atoms with Crippen molar-refractivity contribution in [2.75, 3.05) is 25.5 Å². The van der Waals surface area contributed by atoms with Crippen LogP contribution in [-0.4, -0.2) is 51.2 Å². The maximum atomic E-state index is 14.0. The predicted molar refractivity (Wildman–Crippen MR) is 125 cm³/mol. The molecule has 0 spiro atoms. The Kier molecular flexibility index (Phi) is 6.48. The summed E-state index contributed by atoms with van der Waals surface area (Å²) in [7, 11) is 2.07. The maximum Gasteiger partial charge on any atom is 0.419 e. The minimum absolute atomic E-state index is 0.159. The van der Waals surface area contributed by atoms with Gasteiger partial charge in [-0.15, -0.1) is 0 Å². The van der Waals surface area contributed by atoms with Gasteiger partial charge in [-0.2, -0.15) is 18.3 Å². The Balaban J connectivity index is 1.59.